The van der Waals surface area contributed by atoms with Crippen LogP contribution >= 0.6 is 0 Å². The predicted octanol–water partition coefficient (Wildman–Crippen LogP) is 2.53. The molecule has 32 heavy (non-hydrogen) atoms. The van der Waals surface area contributed by atoms with Crippen LogP contribution in [0.25, 0.3) is 0 Å². The van der Waals surface area contributed by atoms with E-state index in [1.165, 1.54) is 16.3 Å². The van der Waals surface area contributed by atoms with Crippen molar-refractivity contribution >= 4 is 23.2 Å². The number of methoxy groups -OCH3 is 1. The van der Waals surface area contributed by atoms with Gasteiger partial charge in [0.1, 0.15) is 12.3 Å². The molecule has 0 radical (unpaired) electrons. The van der Waals surface area contributed by atoms with E-state index in [-0.39, 0.29) is 18.0 Å². The van der Waals surface area contributed by atoms with E-state index < -0.39 is 0 Å². The van der Waals surface area contributed by atoms with Gasteiger partial charge in [-0.15, -0.1) is 0 Å². The number of aromatic nitrogens is 2. The molecule has 2 heterocycles. The first-order valence-corrected chi connectivity index (χ1v) is 10.6. The van der Waals surface area contributed by atoms with E-state index in [1.54, 1.807) is 26.2 Å². The number of benzene rings is 2. The third kappa shape index (κ3) is 4.74. The van der Waals surface area contributed by atoms with Crippen LogP contribution in [0.5, 0.6) is 5.75 Å². The van der Waals surface area contributed by atoms with Gasteiger partial charge >= 0.3 is 0 Å². The summed E-state index contributed by atoms with van der Waals surface area (Å²) in [7, 11) is 1.55. The van der Waals surface area contributed by atoms with Crippen LogP contribution in [0.1, 0.15) is 5.69 Å². The topological polar surface area (TPSA) is 79.7 Å². The van der Waals surface area contributed by atoms with Gasteiger partial charge in [-0.05, 0) is 31.2 Å². The third-order valence-electron chi connectivity index (χ3n) is 5.48. The molecule has 1 aromatic heterocycles. The van der Waals surface area contributed by atoms with Crippen LogP contribution in [0, 0.1) is 6.92 Å². The number of aryl methyl sites for hydroxylation is 1. The standard InChI is InChI=1S/C24H27N5O3/c1-18-16-23(31)29(17-22(30)26-20-10-6-7-11-21(20)32-2)24(25-18)28-14-12-27(13-15-28)19-8-4-3-5-9-19/h3-11,16H,12-15,17H2,1-2H3,(H,26,30). The highest BCUT2D eigenvalue weighted by molar-refractivity contribution is 5.92. The van der Waals surface area contributed by atoms with Crippen molar-refractivity contribution < 1.29 is 9.53 Å². The summed E-state index contributed by atoms with van der Waals surface area (Å²) in [5, 5.41) is 2.83. The number of amides is 1. The lowest BCUT2D eigenvalue weighted by Crippen LogP contribution is -2.48. The zero-order valence-electron chi connectivity index (χ0n) is 18.3. The average molecular weight is 434 g/mol. The van der Waals surface area contributed by atoms with Crippen molar-refractivity contribution in [1.82, 2.24) is 9.55 Å². The van der Waals surface area contributed by atoms with E-state index in [2.05, 4.69) is 32.2 Å². The van der Waals surface area contributed by atoms with E-state index in [9.17, 15) is 9.59 Å². The fraction of sp³-hybridized carbons (Fsp3) is 0.292. The first kappa shape index (κ1) is 21.4. The van der Waals surface area contributed by atoms with Gasteiger partial charge in [-0.1, -0.05) is 30.3 Å². The van der Waals surface area contributed by atoms with Crippen molar-refractivity contribution in [3.05, 3.63) is 76.7 Å². The zero-order chi connectivity index (χ0) is 22.5. The number of nitrogens with one attached hydrogen (secondary N) is 1. The van der Waals surface area contributed by atoms with Crippen molar-refractivity contribution in [1.29, 1.82) is 0 Å². The van der Waals surface area contributed by atoms with Crippen molar-refractivity contribution in [2.75, 3.05) is 48.4 Å². The molecule has 1 amide bonds. The number of hydrogen-bond donors (Lipinski definition) is 1. The Morgan fingerprint density at radius 3 is 2.38 bits per heavy atom. The summed E-state index contributed by atoms with van der Waals surface area (Å²) in [6, 6.07) is 18.9. The lowest BCUT2D eigenvalue weighted by molar-refractivity contribution is -0.116. The molecule has 8 heteroatoms. The predicted molar refractivity (Wildman–Crippen MR) is 126 cm³/mol. The Morgan fingerprint density at radius 2 is 1.66 bits per heavy atom. The van der Waals surface area contributed by atoms with Crippen molar-refractivity contribution in [3.63, 3.8) is 0 Å². The molecule has 3 aromatic rings. The molecule has 8 nitrogen and oxygen atoms in total. The van der Waals surface area contributed by atoms with Crippen LogP contribution < -0.4 is 25.4 Å². The smallest absolute Gasteiger partial charge is 0.255 e. The molecule has 0 saturated carbocycles. The molecular weight excluding hydrogens is 406 g/mol. The highest BCUT2D eigenvalue weighted by atomic mass is 16.5. The van der Waals surface area contributed by atoms with Gasteiger partial charge in [-0.3, -0.25) is 14.2 Å². The summed E-state index contributed by atoms with van der Waals surface area (Å²) < 4.78 is 6.73. The molecule has 0 bridgehead atoms. The highest BCUT2D eigenvalue weighted by Gasteiger charge is 2.22. The SMILES string of the molecule is COc1ccccc1NC(=O)Cn1c(N2CCN(c3ccccc3)CC2)nc(C)cc1=O. The number of piperazine rings is 1. The molecule has 0 aliphatic carbocycles. The van der Waals surface area contributed by atoms with Gasteiger partial charge in [-0.25, -0.2) is 4.98 Å². The van der Waals surface area contributed by atoms with Gasteiger partial charge in [0.15, 0.2) is 0 Å². The lowest BCUT2D eigenvalue weighted by atomic mass is 10.2. The number of nitrogens with zero attached hydrogens (tertiary/aromatic N) is 4. The first-order chi connectivity index (χ1) is 15.5. The van der Waals surface area contributed by atoms with E-state index in [0.717, 1.165) is 13.1 Å². The molecule has 0 spiro atoms. The maximum Gasteiger partial charge on any atom is 0.255 e. The van der Waals surface area contributed by atoms with Gasteiger partial charge < -0.3 is 19.9 Å². The fourth-order valence-electron chi connectivity index (χ4n) is 3.88. The maximum absolute atomic E-state index is 12.8. The molecule has 0 atom stereocenters. The fourth-order valence-corrected chi connectivity index (χ4v) is 3.88. The Morgan fingerprint density at radius 1 is 1.00 bits per heavy atom. The Labute approximate surface area is 187 Å². The van der Waals surface area contributed by atoms with Gasteiger partial charge in [-0.2, -0.15) is 0 Å². The minimum atomic E-state index is -0.313. The molecule has 4 rings (SSSR count). The highest BCUT2D eigenvalue weighted by Crippen LogP contribution is 2.23. The van der Waals surface area contributed by atoms with Crippen LogP contribution in [0.2, 0.25) is 0 Å². The van der Waals surface area contributed by atoms with Crippen molar-refractivity contribution in [2.24, 2.45) is 0 Å². The third-order valence-corrected chi connectivity index (χ3v) is 5.48. The van der Waals surface area contributed by atoms with Gasteiger partial charge in [0.05, 0.1) is 12.8 Å². The summed E-state index contributed by atoms with van der Waals surface area (Å²) in [5.74, 6) is 0.775. The molecule has 1 saturated heterocycles. The number of para-hydroxylation sites is 3. The van der Waals surface area contributed by atoms with Crippen LogP contribution in [-0.4, -0.2) is 48.7 Å². The number of anilines is 3. The summed E-state index contributed by atoms with van der Waals surface area (Å²) in [6.45, 7) is 4.70. The molecule has 1 N–H and O–H groups in total. The van der Waals surface area contributed by atoms with Crippen molar-refractivity contribution in [3.8, 4) is 5.75 Å². The Balaban J connectivity index is 1.51. The van der Waals surface area contributed by atoms with Gasteiger partial charge in [0, 0.05) is 43.6 Å². The second kappa shape index (κ2) is 9.55. The summed E-state index contributed by atoms with van der Waals surface area (Å²) in [5.41, 5.74) is 2.13. The molecule has 1 aliphatic rings. The lowest BCUT2D eigenvalue weighted by Gasteiger charge is -2.37. The van der Waals surface area contributed by atoms with E-state index in [0.29, 0.717) is 36.2 Å². The average Bonchev–Trinajstić information content (AvgIpc) is 2.81. The number of ether oxygens (including phenoxy) is 1. The van der Waals surface area contributed by atoms with Crippen molar-refractivity contribution in [2.45, 2.75) is 13.5 Å². The monoisotopic (exact) mass is 433 g/mol. The molecular formula is C24H27N5O3. The van der Waals surface area contributed by atoms with Crippen LogP contribution in [0.4, 0.5) is 17.3 Å². The second-order valence-corrected chi connectivity index (χ2v) is 7.68. The molecule has 1 fully saturated rings. The number of carbonyl (C=O) groups is 1. The largest absolute Gasteiger partial charge is 0.495 e. The number of rotatable bonds is 6. The molecule has 2 aromatic carbocycles. The second-order valence-electron chi connectivity index (χ2n) is 7.68. The molecule has 0 unspecified atom stereocenters. The van der Waals surface area contributed by atoms with Crippen LogP contribution in [0.15, 0.2) is 65.5 Å². The minimum Gasteiger partial charge on any atom is -0.495 e. The summed E-state index contributed by atoms with van der Waals surface area (Å²) in [4.78, 5) is 34.6. The first-order valence-electron chi connectivity index (χ1n) is 10.6. The number of hydrogen-bond acceptors (Lipinski definition) is 6. The van der Waals surface area contributed by atoms with E-state index in [4.69, 9.17) is 4.74 Å². The molecule has 1 aliphatic heterocycles. The van der Waals surface area contributed by atoms with E-state index >= 15 is 0 Å². The maximum atomic E-state index is 12.8. The Kier molecular flexibility index (Phi) is 6.39. The van der Waals surface area contributed by atoms with E-state index in [1.807, 2.05) is 30.3 Å². The summed E-state index contributed by atoms with van der Waals surface area (Å²) >= 11 is 0. The Bertz CT molecular complexity index is 1140. The normalized spacial score (nSPS) is 13.7. The number of carbonyl (C=O) groups excluding carboxylic acids is 1. The van der Waals surface area contributed by atoms with Crippen LogP contribution in [0.3, 0.4) is 0 Å². The molecule has 166 valence electrons. The zero-order valence-corrected chi connectivity index (χ0v) is 18.3. The Hall–Kier alpha value is -3.81. The van der Waals surface area contributed by atoms with Gasteiger partial charge in [0.25, 0.3) is 5.56 Å². The van der Waals surface area contributed by atoms with Crippen LogP contribution in [-0.2, 0) is 11.3 Å². The minimum absolute atomic E-state index is 0.127. The quantitative estimate of drug-likeness (QED) is 0.644. The summed E-state index contributed by atoms with van der Waals surface area (Å²) in [6.07, 6.45) is 0. The van der Waals surface area contributed by atoms with Gasteiger partial charge in [0.2, 0.25) is 11.9 Å².